The number of hydrogen-bond donors (Lipinski definition) is 4. The molecule has 0 radical (unpaired) electrons. The Kier molecular flexibility index (Phi) is 5.03. The molecule has 0 saturated heterocycles. The maximum absolute atomic E-state index is 15.2. The van der Waals surface area contributed by atoms with Crippen LogP contribution in [0.4, 0.5) is 15.9 Å². The molecule has 1 amide bonds. The molecule has 4 rings (SSSR count). The second-order valence-electron chi connectivity index (χ2n) is 6.52. The number of amides is 1. The van der Waals surface area contributed by atoms with E-state index in [1.807, 2.05) is 6.92 Å². The average Bonchev–Trinajstić information content (AvgIpc) is 3.32. The number of aromatic nitrogens is 5. The lowest BCUT2D eigenvalue weighted by Crippen LogP contribution is -2.18. The van der Waals surface area contributed by atoms with Crippen molar-refractivity contribution < 1.29 is 14.3 Å². The first-order valence-corrected chi connectivity index (χ1v) is 9.18. The van der Waals surface area contributed by atoms with Gasteiger partial charge in [-0.05, 0) is 13.3 Å². The van der Waals surface area contributed by atoms with Crippen molar-refractivity contribution in [3.63, 3.8) is 0 Å². The van der Waals surface area contributed by atoms with E-state index < -0.39 is 5.82 Å². The number of benzene rings is 1. The summed E-state index contributed by atoms with van der Waals surface area (Å²) in [6.45, 7) is 1.81. The average molecular weight is 418 g/mol. The molecule has 1 aromatic carbocycles. The number of hydrogen-bond acceptors (Lipinski definition) is 6. The maximum Gasteiger partial charge on any atom is 0.212 e. The number of nitrogens with one attached hydrogen (secondary N) is 3. The van der Waals surface area contributed by atoms with Gasteiger partial charge >= 0.3 is 0 Å². The first-order chi connectivity index (χ1) is 14.0. The van der Waals surface area contributed by atoms with Crippen molar-refractivity contribution in [2.45, 2.75) is 19.4 Å². The Balaban J connectivity index is 1.86. The molecule has 0 bridgehead atoms. The van der Waals surface area contributed by atoms with Crippen LogP contribution in [0, 0.1) is 5.82 Å². The van der Waals surface area contributed by atoms with Crippen molar-refractivity contribution in [2.24, 2.45) is 0 Å². The fraction of sp³-hybridized carbons (Fsp3) is 0.222. The van der Waals surface area contributed by atoms with Gasteiger partial charge < -0.3 is 20.1 Å². The van der Waals surface area contributed by atoms with Crippen LogP contribution in [0.3, 0.4) is 0 Å². The molecule has 4 aromatic rings. The zero-order valence-corrected chi connectivity index (χ0v) is 16.0. The zero-order chi connectivity index (χ0) is 20.5. The molecule has 0 spiro atoms. The van der Waals surface area contributed by atoms with Gasteiger partial charge in [0.05, 0.1) is 40.5 Å². The number of imidazole rings is 1. The second-order valence-corrected chi connectivity index (χ2v) is 6.90. The molecule has 29 heavy (non-hydrogen) atoms. The summed E-state index contributed by atoms with van der Waals surface area (Å²) in [5.74, 6) is -0.277. The van der Waals surface area contributed by atoms with Gasteiger partial charge in [-0.2, -0.15) is 5.10 Å². The van der Waals surface area contributed by atoms with Crippen molar-refractivity contribution in [1.82, 2.24) is 24.6 Å². The van der Waals surface area contributed by atoms with Gasteiger partial charge in [0.2, 0.25) is 6.41 Å². The van der Waals surface area contributed by atoms with Gasteiger partial charge in [0, 0.05) is 29.8 Å². The fourth-order valence-electron chi connectivity index (χ4n) is 3.17. The van der Waals surface area contributed by atoms with Crippen LogP contribution in [0.5, 0.6) is 0 Å². The molecule has 1 unspecified atom stereocenters. The number of halogens is 2. The maximum atomic E-state index is 15.2. The fourth-order valence-corrected chi connectivity index (χ4v) is 3.46. The first-order valence-electron chi connectivity index (χ1n) is 8.80. The highest BCUT2D eigenvalue weighted by atomic mass is 35.5. The van der Waals surface area contributed by atoms with Gasteiger partial charge in [0.1, 0.15) is 0 Å². The van der Waals surface area contributed by atoms with Crippen LogP contribution >= 0.6 is 11.6 Å². The number of aliphatic hydroxyl groups excluding tert-OH is 1. The topological polar surface area (TPSA) is 120 Å². The minimum Gasteiger partial charge on any atom is -0.396 e. The molecule has 3 heterocycles. The molecule has 9 nitrogen and oxygen atoms in total. The van der Waals surface area contributed by atoms with Crippen molar-refractivity contribution >= 4 is 46.1 Å². The summed E-state index contributed by atoms with van der Waals surface area (Å²) in [5.41, 5.74) is 1.94. The molecule has 11 heteroatoms. The number of aliphatic hydroxyl groups is 1. The normalized spacial score (nSPS) is 12.4. The Bertz CT molecular complexity index is 1210. The summed E-state index contributed by atoms with van der Waals surface area (Å²) in [4.78, 5) is 19.2. The summed E-state index contributed by atoms with van der Waals surface area (Å²) < 4.78 is 16.8. The molecule has 0 aliphatic heterocycles. The molecule has 150 valence electrons. The summed E-state index contributed by atoms with van der Waals surface area (Å²) >= 11 is 6.41. The van der Waals surface area contributed by atoms with Crippen LogP contribution in [0.15, 0.2) is 24.8 Å². The van der Waals surface area contributed by atoms with Gasteiger partial charge in [0.25, 0.3) is 0 Å². The van der Waals surface area contributed by atoms with E-state index in [1.165, 1.54) is 6.20 Å². The lowest BCUT2D eigenvalue weighted by molar-refractivity contribution is -0.105. The lowest BCUT2D eigenvalue weighted by Gasteiger charge is -2.17. The standard InChI is InChI=1S/C18H17ClFN7O2/c1-9(2-3-28)24-18-16(20)15(19)14(10-4-23-26-17(10)18)11-6-27-7-12(22-8-29)25-13(27)5-21-11/h4-9,24,28H,2-3H2,1H3,(H,22,29)(H,23,26). The molecule has 4 N–H and O–H groups in total. The number of fused-ring (bicyclic) bond motifs is 2. The van der Waals surface area contributed by atoms with E-state index in [-0.39, 0.29) is 23.4 Å². The van der Waals surface area contributed by atoms with Crippen LogP contribution in [0.1, 0.15) is 13.3 Å². The third kappa shape index (κ3) is 3.36. The highest BCUT2D eigenvalue weighted by Crippen LogP contribution is 2.40. The van der Waals surface area contributed by atoms with E-state index in [0.717, 1.165) is 0 Å². The minimum atomic E-state index is -0.640. The smallest absolute Gasteiger partial charge is 0.212 e. The monoisotopic (exact) mass is 417 g/mol. The third-order valence-corrected chi connectivity index (χ3v) is 4.90. The Morgan fingerprint density at radius 2 is 2.24 bits per heavy atom. The molecular formula is C18H17ClFN7O2. The molecule has 0 aliphatic carbocycles. The van der Waals surface area contributed by atoms with E-state index in [4.69, 9.17) is 16.7 Å². The molecule has 0 saturated carbocycles. The van der Waals surface area contributed by atoms with E-state index in [0.29, 0.717) is 46.5 Å². The van der Waals surface area contributed by atoms with Crippen LogP contribution in [0.2, 0.25) is 5.02 Å². The summed E-state index contributed by atoms with van der Waals surface area (Å²) in [5, 5.41) is 21.9. The Morgan fingerprint density at radius 1 is 1.41 bits per heavy atom. The van der Waals surface area contributed by atoms with Crippen molar-refractivity contribution in [3.8, 4) is 11.3 Å². The van der Waals surface area contributed by atoms with E-state index >= 15 is 4.39 Å². The second kappa shape index (κ2) is 7.64. The molecule has 3 aromatic heterocycles. The van der Waals surface area contributed by atoms with Crippen LogP contribution < -0.4 is 10.6 Å². The summed E-state index contributed by atoms with van der Waals surface area (Å²) in [6, 6.07) is -0.174. The Morgan fingerprint density at radius 3 is 3.00 bits per heavy atom. The van der Waals surface area contributed by atoms with Crippen molar-refractivity contribution in [2.75, 3.05) is 17.2 Å². The van der Waals surface area contributed by atoms with E-state index in [1.54, 1.807) is 23.0 Å². The summed E-state index contributed by atoms with van der Waals surface area (Å²) in [7, 11) is 0. The van der Waals surface area contributed by atoms with E-state index in [2.05, 4.69) is 30.8 Å². The van der Waals surface area contributed by atoms with Gasteiger partial charge in [-0.25, -0.2) is 9.37 Å². The number of aromatic amines is 1. The van der Waals surface area contributed by atoms with Crippen LogP contribution in [-0.2, 0) is 4.79 Å². The predicted octanol–water partition coefficient (Wildman–Crippen LogP) is 2.82. The Labute approximate surface area is 168 Å². The Hall–Kier alpha value is -3.24. The number of carbonyl (C=O) groups is 1. The van der Waals surface area contributed by atoms with Crippen molar-refractivity contribution in [3.05, 3.63) is 35.6 Å². The molecule has 0 fully saturated rings. The number of rotatable bonds is 7. The zero-order valence-electron chi connectivity index (χ0n) is 15.3. The largest absolute Gasteiger partial charge is 0.396 e. The first kappa shape index (κ1) is 19.1. The third-order valence-electron chi connectivity index (χ3n) is 4.55. The lowest BCUT2D eigenvalue weighted by atomic mass is 10.0. The van der Waals surface area contributed by atoms with Crippen LogP contribution in [0.25, 0.3) is 27.8 Å². The molecule has 1 atom stereocenters. The molecule has 0 aliphatic rings. The van der Waals surface area contributed by atoms with Crippen molar-refractivity contribution in [1.29, 1.82) is 0 Å². The highest BCUT2D eigenvalue weighted by molar-refractivity contribution is 6.35. The predicted molar refractivity (Wildman–Crippen MR) is 108 cm³/mol. The molecular weight excluding hydrogens is 401 g/mol. The highest BCUT2D eigenvalue weighted by Gasteiger charge is 2.23. The van der Waals surface area contributed by atoms with Gasteiger partial charge in [-0.3, -0.25) is 14.9 Å². The SMILES string of the molecule is CC(CCO)Nc1c(F)c(Cl)c(-c2cn3cc(NC=O)nc3cn2)c2cn[nH]c12. The number of anilines is 2. The number of H-pyrrole nitrogens is 1. The number of nitrogens with zero attached hydrogens (tertiary/aromatic N) is 4. The van der Waals surface area contributed by atoms with Gasteiger partial charge in [-0.15, -0.1) is 0 Å². The summed E-state index contributed by atoms with van der Waals surface area (Å²) in [6.07, 6.45) is 7.29. The van der Waals surface area contributed by atoms with Gasteiger partial charge in [-0.1, -0.05) is 11.6 Å². The minimum absolute atomic E-state index is 0.0243. The number of carbonyl (C=O) groups excluding carboxylic acids is 1. The van der Waals surface area contributed by atoms with Gasteiger partial charge in [0.15, 0.2) is 17.3 Å². The quantitative estimate of drug-likeness (QED) is 0.343. The van der Waals surface area contributed by atoms with Crippen LogP contribution in [-0.4, -0.2) is 48.7 Å². The van der Waals surface area contributed by atoms with E-state index in [9.17, 15) is 4.79 Å².